The summed E-state index contributed by atoms with van der Waals surface area (Å²) < 4.78 is 10.5. The average molecular weight is 306 g/mol. The molecule has 0 bridgehead atoms. The second kappa shape index (κ2) is 8.03. The standard InChI is InChI=1S/C17H26N2O3/c1-13-5-4-9-19(12-13)10-8-17(20)18-15-11-14(21-2)6-7-16(15)22-3/h6-7,11,13H,4-5,8-10,12H2,1-3H3,(H,18,20)/t13-/m1/s1. The van der Waals surface area contributed by atoms with Gasteiger partial charge in [0.2, 0.25) is 5.91 Å². The zero-order valence-electron chi connectivity index (χ0n) is 13.7. The Bertz CT molecular complexity index is 505. The Morgan fingerprint density at radius 1 is 1.36 bits per heavy atom. The molecule has 0 aliphatic carbocycles. The lowest BCUT2D eigenvalue weighted by molar-refractivity contribution is -0.116. The van der Waals surface area contributed by atoms with Gasteiger partial charge in [-0.05, 0) is 37.4 Å². The van der Waals surface area contributed by atoms with Crippen LogP contribution in [-0.4, -0.2) is 44.7 Å². The predicted molar refractivity (Wildman–Crippen MR) is 87.6 cm³/mol. The van der Waals surface area contributed by atoms with Crippen LogP contribution in [0, 0.1) is 5.92 Å². The molecule has 2 rings (SSSR count). The van der Waals surface area contributed by atoms with E-state index in [-0.39, 0.29) is 5.91 Å². The summed E-state index contributed by atoms with van der Waals surface area (Å²) in [5.74, 6) is 2.07. The number of nitrogens with zero attached hydrogens (tertiary/aromatic N) is 1. The van der Waals surface area contributed by atoms with Gasteiger partial charge in [0.15, 0.2) is 0 Å². The molecule has 1 aliphatic heterocycles. The highest BCUT2D eigenvalue weighted by atomic mass is 16.5. The summed E-state index contributed by atoms with van der Waals surface area (Å²) in [6, 6.07) is 5.38. The number of hydrogen-bond donors (Lipinski definition) is 1. The van der Waals surface area contributed by atoms with E-state index >= 15 is 0 Å². The summed E-state index contributed by atoms with van der Waals surface area (Å²) in [5, 5.41) is 2.92. The normalized spacial score (nSPS) is 18.8. The number of methoxy groups -OCH3 is 2. The number of rotatable bonds is 6. The summed E-state index contributed by atoms with van der Waals surface area (Å²) >= 11 is 0. The summed E-state index contributed by atoms with van der Waals surface area (Å²) in [5.41, 5.74) is 0.652. The molecule has 1 fully saturated rings. The van der Waals surface area contributed by atoms with E-state index in [0.29, 0.717) is 23.6 Å². The van der Waals surface area contributed by atoms with E-state index < -0.39 is 0 Å². The molecule has 1 heterocycles. The van der Waals surface area contributed by atoms with Crippen molar-refractivity contribution in [1.29, 1.82) is 0 Å². The number of benzene rings is 1. The number of hydrogen-bond acceptors (Lipinski definition) is 4. The number of carbonyl (C=O) groups is 1. The molecule has 1 aliphatic rings. The summed E-state index contributed by atoms with van der Waals surface area (Å²) in [6.45, 7) is 5.27. The number of piperidine rings is 1. The van der Waals surface area contributed by atoms with E-state index in [2.05, 4.69) is 17.1 Å². The van der Waals surface area contributed by atoms with Crippen LogP contribution >= 0.6 is 0 Å². The fourth-order valence-corrected chi connectivity index (χ4v) is 2.87. The van der Waals surface area contributed by atoms with Crippen LogP contribution in [0.1, 0.15) is 26.2 Å². The molecule has 1 aromatic carbocycles. The Kier molecular flexibility index (Phi) is 6.07. The Balaban J connectivity index is 1.88. The SMILES string of the molecule is COc1ccc(OC)c(NC(=O)CCN2CCC[C@@H](C)C2)c1. The minimum absolute atomic E-state index is 0.00443. The van der Waals surface area contributed by atoms with Gasteiger partial charge in [0.1, 0.15) is 11.5 Å². The molecule has 1 saturated heterocycles. The Hall–Kier alpha value is -1.75. The maximum atomic E-state index is 12.2. The molecular formula is C17H26N2O3. The van der Waals surface area contributed by atoms with E-state index in [0.717, 1.165) is 25.6 Å². The second-order valence-electron chi connectivity index (χ2n) is 5.91. The van der Waals surface area contributed by atoms with Gasteiger partial charge in [0.25, 0.3) is 0 Å². The lowest BCUT2D eigenvalue weighted by Gasteiger charge is -2.30. The smallest absolute Gasteiger partial charge is 0.225 e. The van der Waals surface area contributed by atoms with Crippen molar-refractivity contribution in [3.63, 3.8) is 0 Å². The fraction of sp³-hybridized carbons (Fsp3) is 0.588. The summed E-state index contributed by atoms with van der Waals surface area (Å²) in [6.07, 6.45) is 3.02. The third-order valence-corrected chi connectivity index (χ3v) is 4.08. The third-order valence-electron chi connectivity index (χ3n) is 4.08. The first kappa shape index (κ1) is 16.6. The average Bonchev–Trinajstić information content (AvgIpc) is 2.53. The molecule has 0 spiro atoms. The van der Waals surface area contributed by atoms with Crippen molar-refractivity contribution in [3.05, 3.63) is 18.2 Å². The number of carbonyl (C=O) groups excluding carboxylic acids is 1. The van der Waals surface area contributed by atoms with E-state index in [9.17, 15) is 4.79 Å². The van der Waals surface area contributed by atoms with Gasteiger partial charge in [-0.15, -0.1) is 0 Å². The molecular weight excluding hydrogens is 280 g/mol. The first-order valence-corrected chi connectivity index (χ1v) is 7.86. The quantitative estimate of drug-likeness (QED) is 0.878. The van der Waals surface area contributed by atoms with Gasteiger partial charge in [-0.1, -0.05) is 6.92 Å². The van der Waals surface area contributed by atoms with Crippen molar-refractivity contribution >= 4 is 11.6 Å². The molecule has 0 radical (unpaired) electrons. The first-order chi connectivity index (χ1) is 10.6. The molecule has 1 amide bonds. The van der Waals surface area contributed by atoms with Crippen LogP contribution < -0.4 is 14.8 Å². The Morgan fingerprint density at radius 3 is 2.86 bits per heavy atom. The van der Waals surface area contributed by atoms with Gasteiger partial charge >= 0.3 is 0 Å². The molecule has 5 nitrogen and oxygen atoms in total. The topological polar surface area (TPSA) is 50.8 Å². The van der Waals surface area contributed by atoms with Gasteiger partial charge in [0, 0.05) is 25.6 Å². The van der Waals surface area contributed by atoms with Gasteiger partial charge in [0.05, 0.1) is 19.9 Å². The van der Waals surface area contributed by atoms with E-state index in [1.807, 2.05) is 6.07 Å². The van der Waals surface area contributed by atoms with Crippen molar-refractivity contribution in [1.82, 2.24) is 4.90 Å². The number of ether oxygens (including phenoxy) is 2. The van der Waals surface area contributed by atoms with Crippen LogP contribution in [0.2, 0.25) is 0 Å². The highest BCUT2D eigenvalue weighted by Gasteiger charge is 2.17. The molecule has 5 heteroatoms. The van der Waals surface area contributed by atoms with Gasteiger partial charge < -0.3 is 19.7 Å². The molecule has 1 N–H and O–H groups in total. The fourth-order valence-electron chi connectivity index (χ4n) is 2.87. The second-order valence-corrected chi connectivity index (χ2v) is 5.91. The minimum atomic E-state index is 0.00443. The van der Waals surface area contributed by atoms with E-state index in [1.165, 1.54) is 12.8 Å². The van der Waals surface area contributed by atoms with Crippen LogP contribution in [0.15, 0.2) is 18.2 Å². The van der Waals surface area contributed by atoms with Gasteiger partial charge in [-0.3, -0.25) is 4.79 Å². The molecule has 1 atom stereocenters. The van der Waals surface area contributed by atoms with Crippen LogP contribution in [0.3, 0.4) is 0 Å². The number of amides is 1. The van der Waals surface area contributed by atoms with Crippen molar-refractivity contribution in [3.8, 4) is 11.5 Å². The van der Waals surface area contributed by atoms with Crippen molar-refractivity contribution in [2.24, 2.45) is 5.92 Å². The van der Waals surface area contributed by atoms with E-state index in [1.54, 1.807) is 26.4 Å². The lowest BCUT2D eigenvalue weighted by Crippen LogP contribution is -2.36. The molecule has 0 saturated carbocycles. The third kappa shape index (κ3) is 4.63. The number of anilines is 1. The van der Waals surface area contributed by atoms with Gasteiger partial charge in [-0.2, -0.15) is 0 Å². The Morgan fingerprint density at radius 2 is 2.18 bits per heavy atom. The lowest BCUT2D eigenvalue weighted by atomic mass is 10.0. The van der Waals surface area contributed by atoms with Gasteiger partial charge in [-0.25, -0.2) is 0 Å². The monoisotopic (exact) mass is 306 g/mol. The van der Waals surface area contributed by atoms with Crippen LogP contribution in [0.25, 0.3) is 0 Å². The van der Waals surface area contributed by atoms with E-state index in [4.69, 9.17) is 9.47 Å². The molecule has 0 aromatic heterocycles. The summed E-state index contributed by atoms with van der Waals surface area (Å²) in [4.78, 5) is 14.5. The molecule has 0 unspecified atom stereocenters. The Labute approximate surface area is 132 Å². The predicted octanol–water partition coefficient (Wildman–Crippen LogP) is 2.76. The van der Waals surface area contributed by atoms with Crippen LogP contribution in [-0.2, 0) is 4.79 Å². The zero-order valence-corrected chi connectivity index (χ0v) is 13.7. The number of nitrogens with one attached hydrogen (secondary N) is 1. The van der Waals surface area contributed by atoms with Crippen molar-refractivity contribution in [2.45, 2.75) is 26.2 Å². The van der Waals surface area contributed by atoms with Crippen molar-refractivity contribution in [2.75, 3.05) is 39.2 Å². The van der Waals surface area contributed by atoms with Crippen LogP contribution in [0.5, 0.6) is 11.5 Å². The largest absolute Gasteiger partial charge is 0.497 e. The molecule has 22 heavy (non-hydrogen) atoms. The minimum Gasteiger partial charge on any atom is -0.497 e. The highest BCUT2D eigenvalue weighted by Crippen LogP contribution is 2.29. The maximum absolute atomic E-state index is 12.2. The highest BCUT2D eigenvalue weighted by molar-refractivity contribution is 5.92. The zero-order chi connectivity index (χ0) is 15.9. The first-order valence-electron chi connectivity index (χ1n) is 7.86. The maximum Gasteiger partial charge on any atom is 0.225 e. The van der Waals surface area contributed by atoms with Crippen LogP contribution in [0.4, 0.5) is 5.69 Å². The molecule has 1 aromatic rings. The molecule has 122 valence electrons. The number of likely N-dealkylation sites (tertiary alicyclic amines) is 1. The van der Waals surface area contributed by atoms with Crippen molar-refractivity contribution < 1.29 is 14.3 Å². The summed E-state index contributed by atoms with van der Waals surface area (Å²) in [7, 11) is 3.19.